The average molecular weight is 371 g/mol. The van der Waals surface area contributed by atoms with E-state index in [4.69, 9.17) is 5.73 Å². The van der Waals surface area contributed by atoms with E-state index in [0.717, 1.165) is 32.3 Å². The first-order chi connectivity index (χ1) is 9.67. The van der Waals surface area contributed by atoms with Gasteiger partial charge in [-0.05, 0) is 18.6 Å². The predicted molar refractivity (Wildman–Crippen MR) is 86.8 cm³/mol. The van der Waals surface area contributed by atoms with Crippen molar-refractivity contribution in [1.29, 1.82) is 0 Å². The van der Waals surface area contributed by atoms with Gasteiger partial charge in [-0.2, -0.15) is 16.1 Å². The van der Waals surface area contributed by atoms with Gasteiger partial charge < -0.3 is 5.73 Å². The number of rotatable bonds is 4. The lowest BCUT2D eigenvalue weighted by Gasteiger charge is -2.32. The zero-order chi connectivity index (χ0) is 15.8. The van der Waals surface area contributed by atoms with Crippen LogP contribution in [-0.4, -0.2) is 50.8 Å². The first-order valence-electron chi connectivity index (χ1n) is 6.25. The van der Waals surface area contributed by atoms with Crippen molar-refractivity contribution in [3.05, 3.63) is 16.5 Å². The molecule has 2 rings (SSSR count). The summed E-state index contributed by atoms with van der Waals surface area (Å²) in [5, 5.41) is -0.995. The van der Waals surface area contributed by atoms with E-state index in [-0.39, 0.29) is 23.1 Å². The van der Waals surface area contributed by atoms with Gasteiger partial charge in [0.2, 0.25) is 0 Å². The van der Waals surface area contributed by atoms with E-state index in [2.05, 4.69) is 0 Å². The largest absolute Gasteiger partial charge is 0.326 e. The van der Waals surface area contributed by atoms with Crippen LogP contribution in [0.15, 0.2) is 10.3 Å². The molecule has 0 amide bonds. The molecule has 0 radical (unpaired) electrons. The fourth-order valence-corrected chi connectivity index (χ4v) is 8.88. The van der Waals surface area contributed by atoms with Gasteiger partial charge in [0.1, 0.15) is 9.58 Å². The molecule has 0 aliphatic carbocycles. The number of sulfonamides is 1. The van der Waals surface area contributed by atoms with Crippen molar-refractivity contribution in [1.82, 2.24) is 4.31 Å². The van der Waals surface area contributed by atoms with Gasteiger partial charge in [-0.3, -0.25) is 0 Å². The van der Waals surface area contributed by atoms with E-state index >= 15 is 0 Å². The van der Waals surface area contributed by atoms with Crippen LogP contribution in [-0.2, 0) is 26.4 Å². The number of thiophene rings is 1. The van der Waals surface area contributed by atoms with Crippen molar-refractivity contribution in [3.63, 3.8) is 0 Å². The number of nitrogens with zero attached hydrogens (tertiary/aromatic N) is 1. The highest BCUT2D eigenvalue weighted by molar-refractivity contribution is 8.01. The molecule has 6 nitrogen and oxygen atoms in total. The Balaban J connectivity index is 2.45. The number of nitrogens with two attached hydrogens (primary N) is 1. The molecule has 1 aliphatic heterocycles. The highest BCUT2D eigenvalue weighted by atomic mass is 32.2. The smallest absolute Gasteiger partial charge is 0.253 e. The maximum absolute atomic E-state index is 12.7. The highest BCUT2D eigenvalue weighted by Crippen LogP contribution is 2.32. The van der Waals surface area contributed by atoms with Crippen LogP contribution in [0.2, 0.25) is 0 Å². The summed E-state index contributed by atoms with van der Waals surface area (Å²) in [5.74, 6) is 0.867. The molecule has 120 valence electrons. The molecule has 1 unspecified atom stereocenters. The van der Waals surface area contributed by atoms with Gasteiger partial charge in [0, 0.05) is 35.7 Å². The number of thioether (sulfide) groups is 1. The van der Waals surface area contributed by atoms with Gasteiger partial charge in [0.25, 0.3) is 10.0 Å². The fraction of sp³-hybridized carbons (Fsp3) is 0.636. The highest BCUT2D eigenvalue weighted by Gasteiger charge is 2.40. The second-order valence-corrected chi connectivity index (χ2v) is 11.5. The van der Waals surface area contributed by atoms with Crippen molar-refractivity contribution in [2.75, 3.05) is 24.3 Å². The van der Waals surface area contributed by atoms with Crippen molar-refractivity contribution < 1.29 is 16.8 Å². The van der Waals surface area contributed by atoms with E-state index in [0.29, 0.717) is 5.75 Å². The van der Waals surface area contributed by atoms with E-state index in [1.807, 2.05) is 0 Å². The zero-order valence-electron chi connectivity index (χ0n) is 11.8. The van der Waals surface area contributed by atoms with Crippen LogP contribution in [0.5, 0.6) is 0 Å². The molecule has 1 fully saturated rings. The maximum Gasteiger partial charge on any atom is 0.253 e. The summed E-state index contributed by atoms with van der Waals surface area (Å²) < 4.78 is 50.5. The second kappa shape index (κ2) is 6.17. The lowest BCUT2D eigenvalue weighted by atomic mass is 10.3. The van der Waals surface area contributed by atoms with Crippen LogP contribution in [0.3, 0.4) is 0 Å². The average Bonchev–Trinajstić information content (AvgIpc) is 2.80. The normalized spacial score (nSPS) is 21.6. The third-order valence-electron chi connectivity index (χ3n) is 3.28. The topological polar surface area (TPSA) is 97.5 Å². The Morgan fingerprint density at radius 2 is 2.05 bits per heavy atom. The summed E-state index contributed by atoms with van der Waals surface area (Å²) in [6, 6.07) is 1.57. The third-order valence-corrected chi connectivity index (χ3v) is 9.67. The van der Waals surface area contributed by atoms with Gasteiger partial charge >= 0.3 is 0 Å². The molecule has 1 aliphatic rings. The lowest BCUT2D eigenvalue weighted by Crippen LogP contribution is -2.49. The molecule has 1 aromatic heterocycles. The van der Waals surface area contributed by atoms with E-state index in [1.54, 1.807) is 13.0 Å². The maximum atomic E-state index is 12.7. The number of hydrogen-bond acceptors (Lipinski definition) is 7. The Bertz CT molecular complexity index is 723. The summed E-state index contributed by atoms with van der Waals surface area (Å²) in [6.45, 7) is 2.29. The summed E-state index contributed by atoms with van der Waals surface area (Å²) in [7, 11) is -7.27. The summed E-state index contributed by atoms with van der Waals surface area (Å²) in [6.07, 6.45) is 1.08. The number of aryl methyl sites for hydroxylation is 1. The minimum absolute atomic E-state index is 0.168. The van der Waals surface area contributed by atoms with Crippen LogP contribution in [0, 0.1) is 6.92 Å². The fourth-order valence-electron chi connectivity index (χ4n) is 2.11. The minimum atomic E-state index is -3.80. The summed E-state index contributed by atoms with van der Waals surface area (Å²) in [4.78, 5) is 0.802. The molecule has 1 atom stereocenters. The zero-order valence-corrected chi connectivity index (χ0v) is 15.0. The number of sulfone groups is 1. The van der Waals surface area contributed by atoms with E-state index in [9.17, 15) is 16.8 Å². The van der Waals surface area contributed by atoms with E-state index < -0.39 is 25.2 Å². The first kappa shape index (κ1) is 17.2. The minimum Gasteiger partial charge on any atom is -0.326 e. The molecule has 0 aromatic carbocycles. The molecular weight excluding hydrogens is 352 g/mol. The Hall–Kier alpha value is -0.130. The molecule has 0 bridgehead atoms. The quantitative estimate of drug-likeness (QED) is 0.834. The van der Waals surface area contributed by atoms with Gasteiger partial charge in [0.05, 0.1) is 0 Å². The third kappa shape index (κ3) is 3.45. The Kier molecular flexibility index (Phi) is 5.06. The van der Waals surface area contributed by atoms with Crippen molar-refractivity contribution >= 4 is 43.0 Å². The molecule has 2 N–H and O–H groups in total. The Morgan fingerprint density at radius 3 is 2.57 bits per heavy atom. The van der Waals surface area contributed by atoms with Crippen molar-refractivity contribution in [3.8, 4) is 0 Å². The monoisotopic (exact) mass is 370 g/mol. The molecule has 2 heterocycles. The number of hydrogen-bond donors (Lipinski definition) is 1. The molecular formula is C11H18N2O4S4. The van der Waals surface area contributed by atoms with E-state index in [1.165, 1.54) is 11.8 Å². The summed E-state index contributed by atoms with van der Waals surface area (Å²) >= 11 is 2.57. The van der Waals surface area contributed by atoms with Crippen LogP contribution >= 0.6 is 23.1 Å². The molecule has 0 spiro atoms. The predicted octanol–water partition coefficient (Wildman–Crippen LogP) is 0.623. The molecule has 10 heteroatoms. The van der Waals surface area contributed by atoms with Gasteiger partial charge in [-0.25, -0.2) is 16.8 Å². The van der Waals surface area contributed by atoms with Gasteiger partial charge in [-0.15, -0.1) is 11.3 Å². The Labute approximate surface area is 133 Å². The SMILES string of the molecule is Cc1cc(S(=O)(=O)N2CCSCC2S(C)(=O)=O)sc1CN. The second-order valence-electron chi connectivity index (χ2n) is 4.85. The van der Waals surface area contributed by atoms with Gasteiger partial charge in [-0.1, -0.05) is 0 Å². The lowest BCUT2D eigenvalue weighted by molar-refractivity contribution is 0.406. The first-order valence-corrected chi connectivity index (χ1v) is 11.6. The molecule has 1 saturated heterocycles. The van der Waals surface area contributed by atoms with Crippen molar-refractivity contribution in [2.45, 2.75) is 23.1 Å². The van der Waals surface area contributed by atoms with Crippen LogP contribution in [0.4, 0.5) is 0 Å². The van der Waals surface area contributed by atoms with Crippen LogP contribution in [0.25, 0.3) is 0 Å². The summed E-state index contributed by atoms with van der Waals surface area (Å²) in [5.41, 5.74) is 6.41. The Morgan fingerprint density at radius 1 is 1.38 bits per heavy atom. The molecule has 21 heavy (non-hydrogen) atoms. The van der Waals surface area contributed by atoms with Crippen LogP contribution < -0.4 is 5.73 Å². The van der Waals surface area contributed by atoms with Gasteiger partial charge in [0.15, 0.2) is 9.84 Å². The van der Waals surface area contributed by atoms with Crippen molar-refractivity contribution in [2.24, 2.45) is 5.73 Å². The standard InChI is InChI=1S/C11H18N2O4S4/c1-8-5-11(19-9(8)6-12)21(16,17)13-3-4-18-7-10(13)20(2,14)15/h5,10H,3-4,6-7,12H2,1-2H3. The molecule has 0 saturated carbocycles. The molecule has 1 aromatic rings. The van der Waals surface area contributed by atoms with Crippen LogP contribution in [0.1, 0.15) is 10.4 Å².